The zero-order chi connectivity index (χ0) is 14.0. The van der Waals surface area contributed by atoms with Gasteiger partial charge in [0.2, 0.25) is 0 Å². The van der Waals surface area contributed by atoms with Crippen LogP contribution in [0.2, 0.25) is 0 Å². The van der Waals surface area contributed by atoms with Crippen LogP contribution in [0.3, 0.4) is 0 Å². The van der Waals surface area contributed by atoms with Gasteiger partial charge in [0.15, 0.2) is 0 Å². The van der Waals surface area contributed by atoms with Crippen molar-refractivity contribution >= 4 is 5.97 Å². The highest BCUT2D eigenvalue weighted by Crippen LogP contribution is 2.56. The molecule has 0 aliphatic heterocycles. The smallest absolute Gasteiger partial charge is 0.302 e. The van der Waals surface area contributed by atoms with E-state index >= 15 is 0 Å². The summed E-state index contributed by atoms with van der Waals surface area (Å²) in [6.45, 7) is 11.2. The minimum atomic E-state index is -0.147. The number of hydrogen-bond donors (Lipinski definition) is 0. The van der Waals surface area contributed by atoms with Crippen molar-refractivity contribution in [1.82, 2.24) is 0 Å². The molecule has 108 valence electrons. The summed E-state index contributed by atoms with van der Waals surface area (Å²) in [6.07, 6.45) is 7.31. The molecule has 0 N–H and O–H groups in total. The van der Waals surface area contributed by atoms with Crippen LogP contribution >= 0.6 is 0 Å². The normalized spacial score (nSPS) is 34.3. The summed E-state index contributed by atoms with van der Waals surface area (Å²) in [7, 11) is 0. The molecule has 0 unspecified atom stereocenters. The van der Waals surface area contributed by atoms with Gasteiger partial charge in [-0.3, -0.25) is 4.79 Å². The Morgan fingerprint density at radius 3 is 2.74 bits per heavy atom. The molecule has 0 bridgehead atoms. The highest BCUT2D eigenvalue weighted by atomic mass is 16.5. The second kappa shape index (κ2) is 5.68. The van der Waals surface area contributed by atoms with E-state index in [0.717, 1.165) is 18.3 Å². The molecular formula is C17H28O2. The summed E-state index contributed by atoms with van der Waals surface area (Å²) in [5, 5.41) is 0. The maximum absolute atomic E-state index is 11.0. The number of carbonyl (C=O) groups is 1. The molecular weight excluding hydrogens is 236 g/mol. The fourth-order valence-corrected chi connectivity index (χ4v) is 4.03. The Morgan fingerprint density at radius 1 is 1.37 bits per heavy atom. The van der Waals surface area contributed by atoms with Gasteiger partial charge >= 0.3 is 5.97 Å². The first kappa shape index (κ1) is 14.6. The third-order valence-electron chi connectivity index (χ3n) is 5.28. The van der Waals surface area contributed by atoms with Crippen LogP contribution in [0.4, 0.5) is 0 Å². The lowest BCUT2D eigenvalue weighted by atomic mass is 9.52. The molecule has 2 saturated carbocycles. The average molecular weight is 264 g/mol. The van der Waals surface area contributed by atoms with Crippen molar-refractivity contribution in [3.8, 4) is 0 Å². The Bertz CT molecular complexity index is 356. The summed E-state index contributed by atoms with van der Waals surface area (Å²) in [5.41, 5.74) is 1.95. The topological polar surface area (TPSA) is 26.3 Å². The fraction of sp³-hybridized carbons (Fsp3) is 0.824. The van der Waals surface area contributed by atoms with Gasteiger partial charge in [0.05, 0.1) is 6.61 Å². The standard InChI is InChI=1S/C17H28O2/c1-12-6-5-7-14(11-19-13(2)18)8-9-16-15(12)10-17(16,3)4/h14-16H,1,5-11H2,2-4H3/t14-,15+,16+/m0/s1. The molecule has 0 aromatic rings. The zero-order valence-corrected chi connectivity index (χ0v) is 12.7. The Balaban J connectivity index is 1.95. The van der Waals surface area contributed by atoms with Gasteiger partial charge in [-0.25, -0.2) is 0 Å². The van der Waals surface area contributed by atoms with E-state index in [1.165, 1.54) is 44.6 Å². The van der Waals surface area contributed by atoms with Crippen LogP contribution in [0.15, 0.2) is 12.2 Å². The second-order valence-electron chi connectivity index (χ2n) is 7.20. The van der Waals surface area contributed by atoms with Crippen LogP contribution in [-0.2, 0) is 9.53 Å². The first-order valence-corrected chi connectivity index (χ1v) is 7.71. The van der Waals surface area contributed by atoms with Crippen molar-refractivity contribution in [2.45, 2.75) is 59.3 Å². The molecule has 2 fully saturated rings. The van der Waals surface area contributed by atoms with Crippen LogP contribution in [0.25, 0.3) is 0 Å². The average Bonchev–Trinajstić information content (AvgIpc) is 2.37. The van der Waals surface area contributed by atoms with Crippen LogP contribution < -0.4 is 0 Å². The van der Waals surface area contributed by atoms with Crippen molar-refractivity contribution in [3.63, 3.8) is 0 Å². The first-order chi connectivity index (χ1) is 8.90. The summed E-state index contributed by atoms with van der Waals surface area (Å²) in [4.78, 5) is 11.0. The number of ether oxygens (including phenoxy) is 1. The largest absolute Gasteiger partial charge is 0.466 e. The number of rotatable bonds is 2. The van der Waals surface area contributed by atoms with Gasteiger partial charge in [-0.1, -0.05) is 26.0 Å². The molecule has 2 heteroatoms. The van der Waals surface area contributed by atoms with E-state index in [4.69, 9.17) is 4.74 Å². The van der Waals surface area contributed by atoms with Gasteiger partial charge in [-0.2, -0.15) is 0 Å². The summed E-state index contributed by atoms with van der Waals surface area (Å²) >= 11 is 0. The molecule has 2 nitrogen and oxygen atoms in total. The molecule has 0 heterocycles. The SMILES string of the molecule is C=C1CCC[C@H](COC(C)=O)CC[C@@H]2[C@@H]1CC2(C)C. The third-order valence-corrected chi connectivity index (χ3v) is 5.28. The van der Waals surface area contributed by atoms with Crippen LogP contribution in [0, 0.1) is 23.2 Å². The van der Waals surface area contributed by atoms with E-state index in [1.807, 2.05) is 0 Å². The Labute approximate surface area is 117 Å². The van der Waals surface area contributed by atoms with Crippen molar-refractivity contribution in [1.29, 1.82) is 0 Å². The predicted molar refractivity (Wildman–Crippen MR) is 77.7 cm³/mol. The third kappa shape index (κ3) is 3.40. The molecule has 19 heavy (non-hydrogen) atoms. The molecule has 0 amide bonds. The zero-order valence-electron chi connectivity index (χ0n) is 12.7. The maximum atomic E-state index is 11.0. The predicted octanol–water partition coefficient (Wildman–Crippen LogP) is 4.35. The molecule has 3 atom stereocenters. The summed E-state index contributed by atoms with van der Waals surface area (Å²) in [5.74, 6) is 1.94. The lowest BCUT2D eigenvalue weighted by Crippen LogP contribution is -2.44. The molecule has 2 aliphatic rings. The van der Waals surface area contributed by atoms with E-state index in [1.54, 1.807) is 0 Å². The van der Waals surface area contributed by atoms with Crippen molar-refractivity contribution < 1.29 is 9.53 Å². The molecule has 0 aromatic carbocycles. The van der Waals surface area contributed by atoms with Gasteiger partial charge in [-0.15, -0.1) is 0 Å². The molecule has 0 spiro atoms. The van der Waals surface area contributed by atoms with Crippen LogP contribution in [0.5, 0.6) is 0 Å². The Hall–Kier alpha value is -0.790. The minimum Gasteiger partial charge on any atom is -0.466 e. The van der Waals surface area contributed by atoms with Crippen LogP contribution in [0.1, 0.15) is 59.3 Å². The van der Waals surface area contributed by atoms with Gasteiger partial charge < -0.3 is 4.74 Å². The monoisotopic (exact) mass is 264 g/mol. The van der Waals surface area contributed by atoms with E-state index in [0.29, 0.717) is 17.9 Å². The lowest BCUT2D eigenvalue weighted by molar-refractivity contribution is -0.142. The van der Waals surface area contributed by atoms with E-state index in [2.05, 4.69) is 20.4 Å². The number of carbonyl (C=O) groups excluding carboxylic acids is 1. The number of esters is 1. The van der Waals surface area contributed by atoms with Crippen molar-refractivity contribution in [3.05, 3.63) is 12.2 Å². The van der Waals surface area contributed by atoms with E-state index in [-0.39, 0.29) is 5.97 Å². The molecule has 2 rings (SSSR count). The van der Waals surface area contributed by atoms with E-state index in [9.17, 15) is 4.79 Å². The Kier molecular flexibility index (Phi) is 4.37. The second-order valence-corrected chi connectivity index (χ2v) is 7.20. The highest BCUT2D eigenvalue weighted by molar-refractivity contribution is 5.65. The quantitative estimate of drug-likeness (QED) is 0.547. The van der Waals surface area contributed by atoms with Crippen molar-refractivity contribution in [2.24, 2.45) is 23.2 Å². The Morgan fingerprint density at radius 2 is 2.11 bits per heavy atom. The number of hydrogen-bond acceptors (Lipinski definition) is 2. The van der Waals surface area contributed by atoms with Crippen LogP contribution in [-0.4, -0.2) is 12.6 Å². The summed E-state index contributed by atoms with van der Waals surface area (Å²) < 4.78 is 5.22. The summed E-state index contributed by atoms with van der Waals surface area (Å²) in [6, 6.07) is 0. The van der Waals surface area contributed by atoms with Gasteiger partial charge in [-0.05, 0) is 61.7 Å². The van der Waals surface area contributed by atoms with Gasteiger partial charge in [0.1, 0.15) is 0 Å². The van der Waals surface area contributed by atoms with Gasteiger partial charge in [0, 0.05) is 6.92 Å². The van der Waals surface area contributed by atoms with E-state index < -0.39 is 0 Å². The minimum absolute atomic E-state index is 0.147. The fourth-order valence-electron chi connectivity index (χ4n) is 4.03. The molecule has 0 saturated heterocycles. The first-order valence-electron chi connectivity index (χ1n) is 7.71. The lowest BCUT2D eigenvalue weighted by Gasteiger charge is -2.53. The van der Waals surface area contributed by atoms with Gasteiger partial charge in [0.25, 0.3) is 0 Å². The molecule has 2 aliphatic carbocycles. The number of allylic oxidation sites excluding steroid dienone is 1. The number of fused-ring (bicyclic) bond motifs is 1. The molecule has 0 radical (unpaired) electrons. The maximum Gasteiger partial charge on any atom is 0.302 e. The molecule has 0 aromatic heterocycles. The highest BCUT2D eigenvalue weighted by Gasteiger charge is 2.47. The van der Waals surface area contributed by atoms with Crippen molar-refractivity contribution in [2.75, 3.05) is 6.61 Å².